The van der Waals surface area contributed by atoms with Crippen LogP contribution in [0.15, 0.2) is 53.0 Å². The normalized spacial score (nSPS) is 14.1. The molecule has 0 saturated heterocycles. The molecule has 2 aromatic carbocycles. The highest BCUT2D eigenvalue weighted by molar-refractivity contribution is 9.10. The first-order valence-corrected chi connectivity index (χ1v) is 6.36. The predicted molar refractivity (Wildman–Crippen MR) is 73.2 cm³/mol. The van der Waals surface area contributed by atoms with E-state index in [1.54, 1.807) is 4.90 Å². The number of hydrogen-bond acceptors (Lipinski definition) is 2. The van der Waals surface area contributed by atoms with E-state index in [0.717, 1.165) is 21.6 Å². The fourth-order valence-electron chi connectivity index (χ4n) is 2.00. The molecule has 1 aliphatic heterocycles. The summed E-state index contributed by atoms with van der Waals surface area (Å²) in [5.74, 6) is 0.661. The van der Waals surface area contributed by atoms with E-state index in [-0.39, 0.29) is 12.5 Å². The first kappa shape index (κ1) is 11.3. The molecule has 0 radical (unpaired) electrons. The fourth-order valence-corrected chi connectivity index (χ4v) is 2.46. The second-order valence-corrected chi connectivity index (χ2v) is 4.79. The van der Waals surface area contributed by atoms with E-state index in [1.807, 2.05) is 48.5 Å². The number of hydrogen-bond donors (Lipinski definition) is 0. The fraction of sp³-hybridized carbons (Fsp3) is 0.0714. The lowest BCUT2D eigenvalue weighted by Crippen LogP contribution is -2.35. The summed E-state index contributed by atoms with van der Waals surface area (Å²) >= 11 is 3.48. The van der Waals surface area contributed by atoms with Crippen molar-refractivity contribution in [3.05, 3.63) is 53.0 Å². The highest BCUT2D eigenvalue weighted by Gasteiger charge is 2.27. The Morgan fingerprint density at radius 1 is 1.00 bits per heavy atom. The monoisotopic (exact) mass is 303 g/mol. The van der Waals surface area contributed by atoms with Crippen LogP contribution < -0.4 is 9.64 Å². The smallest absolute Gasteiger partial charge is 0.269 e. The molecule has 1 aliphatic rings. The number of rotatable bonds is 1. The molecular weight excluding hydrogens is 294 g/mol. The van der Waals surface area contributed by atoms with E-state index in [4.69, 9.17) is 4.74 Å². The van der Waals surface area contributed by atoms with E-state index < -0.39 is 0 Å². The second-order valence-electron chi connectivity index (χ2n) is 3.94. The van der Waals surface area contributed by atoms with Gasteiger partial charge in [-0.05, 0) is 40.2 Å². The summed E-state index contributed by atoms with van der Waals surface area (Å²) < 4.78 is 6.31. The molecule has 0 atom stereocenters. The summed E-state index contributed by atoms with van der Waals surface area (Å²) in [6, 6.07) is 15.2. The lowest BCUT2D eigenvalue weighted by Gasteiger charge is -2.29. The largest absolute Gasteiger partial charge is 0.482 e. The number of amides is 1. The van der Waals surface area contributed by atoms with Crippen molar-refractivity contribution in [2.24, 2.45) is 0 Å². The number of benzene rings is 2. The van der Waals surface area contributed by atoms with E-state index in [1.165, 1.54) is 0 Å². The minimum Gasteiger partial charge on any atom is -0.482 e. The molecule has 0 saturated carbocycles. The standard InChI is InChI=1S/C14H10BrNO2/c15-10-5-1-2-6-11(10)16-12-7-3-4-8-13(12)18-9-14(16)17/h1-8H,9H2. The van der Waals surface area contributed by atoms with Crippen LogP contribution in [0.4, 0.5) is 11.4 Å². The maximum Gasteiger partial charge on any atom is 0.269 e. The minimum absolute atomic E-state index is 0.0678. The maximum atomic E-state index is 12.1. The third-order valence-corrected chi connectivity index (χ3v) is 3.47. The lowest BCUT2D eigenvalue weighted by atomic mass is 10.2. The van der Waals surface area contributed by atoms with E-state index in [0.29, 0.717) is 0 Å². The summed E-state index contributed by atoms with van der Waals surface area (Å²) in [5.41, 5.74) is 1.61. The van der Waals surface area contributed by atoms with Crippen LogP contribution in [0, 0.1) is 0 Å². The molecule has 4 heteroatoms. The third kappa shape index (κ3) is 1.78. The van der Waals surface area contributed by atoms with E-state index in [2.05, 4.69) is 15.9 Å². The van der Waals surface area contributed by atoms with Crippen molar-refractivity contribution < 1.29 is 9.53 Å². The number of ether oxygens (including phenoxy) is 1. The van der Waals surface area contributed by atoms with Crippen LogP contribution in [0.5, 0.6) is 5.75 Å². The van der Waals surface area contributed by atoms with Crippen LogP contribution >= 0.6 is 15.9 Å². The molecule has 3 rings (SSSR count). The molecule has 3 nitrogen and oxygen atoms in total. The number of halogens is 1. The summed E-state index contributed by atoms with van der Waals surface area (Å²) in [5, 5.41) is 0. The molecule has 0 unspecified atom stereocenters. The second kappa shape index (κ2) is 4.46. The van der Waals surface area contributed by atoms with Crippen molar-refractivity contribution in [2.75, 3.05) is 11.5 Å². The van der Waals surface area contributed by atoms with Crippen molar-refractivity contribution in [3.8, 4) is 5.75 Å². The molecule has 0 aliphatic carbocycles. The molecule has 18 heavy (non-hydrogen) atoms. The van der Waals surface area contributed by atoms with E-state index >= 15 is 0 Å². The Kier molecular flexibility index (Phi) is 2.80. The Morgan fingerprint density at radius 2 is 1.67 bits per heavy atom. The topological polar surface area (TPSA) is 29.5 Å². The highest BCUT2D eigenvalue weighted by Crippen LogP contribution is 2.39. The quantitative estimate of drug-likeness (QED) is 0.807. The SMILES string of the molecule is O=C1COc2ccccc2N1c1ccccc1Br. The van der Waals surface area contributed by atoms with Gasteiger partial charge in [0, 0.05) is 4.47 Å². The van der Waals surface area contributed by atoms with Crippen molar-refractivity contribution in [1.82, 2.24) is 0 Å². The summed E-state index contributed by atoms with van der Waals surface area (Å²) in [4.78, 5) is 13.8. The Morgan fingerprint density at radius 3 is 2.44 bits per heavy atom. The summed E-state index contributed by atoms with van der Waals surface area (Å²) in [6.45, 7) is 0.0678. The van der Waals surface area contributed by atoms with Gasteiger partial charge in [0.25, 0.3) is 5.91 Å². The van der Waals surface area contributed by atoms with Gasteiger partial charge in [-0.2, -0.15) is 0 Å². The molecular formula is C14H10BrNO2. The summed E-state index contributed by atoms with van der Waals surface area (Å²) in [6.07, 6.45) is 0. The average Bonchev–Trinajstić information content (AvgIpc) is 2.40. The minimum atomic E-state index is -0.0689. The molecule has 1 heterocycles. The molecule has 2 aromatic rings. The Hall–Kier alpha value is -1.81. The predicted octanol–water partition coefficient (Wildman–Crippen LogP) is 3.51. The number of para-hydroxylation sites is 3. The highest BCUT2D eigenvalue weighted by atomic mass is 79.9. The Balaban J connectivity index is 2.17. The molecule has 1 amide bonds. The first-order chi connectivity index (χ1) is 8.77. The van der Waals surface area contributed by atoms with Crippen LogP contribution in [0.25, 0.3) is 0 Å². The molecule has 90 valence electrons. The molecule has 0 N–H and O–H groups in total. The summed E-state index contributed by atoms with van der Waals surface area (Å²) in [7, 11) is 0. The Labute approximate surface area is 113 Å². The van der Waals surface area contributed by atoms with Crippen LogP contribution in [0.2, 0.25) is 0 Å². The van der Waals surface area contributed by atoms with Gasteiger partial charge in [-0.15, -0.1) is 0 Å². The van der Waals surface area contributed by atoms with Crippen molar-refractivity contribution in [1.29, 1.82) is 0 Å². The number of carbonyl (C=O) groups excluding carboxylic acids is 1. The van der Waals surface area contributed by atoms with Crippen LogP contribution in [0.3, 0.4) is 0 Å². The molecule has 0 aromatic heterocycles. The van der Waals surface area contributed by atoms with Crippen molar-refractivity contribution in [3.63, 3.8) is 0 Å². The zero-order chi connectivity index (χ0) is 12.5. The number of anilines is 2. The van der Waals surface area contributed by atoms with Gasteiger partial charge in [0.05, 0.1) is 11.4 Å². The van der Waals surface area contributed by atoms with Gasteiger partial charge in [-0.3, -0.25) is 9.69 Å². The van der Waals surface area contributed by atoms with Gasteiger partial charge >= 0.3 is 0 Å². The van der Waals surface area contributed by atoms with Gasteiger partial charge in [-0.1, -0.05) is 24.3 Å². The number of nitrogens with zero attached hydrogens (tertiary/aromatic N) is 1. The van der Waals surface area contributed by atoms with Gasteiger partial charge in [-0.25, -0.2) is 0 Å². The first-order valence-electron chi connectivity index (χ1n) is 5.56. The third-order valence-electron chi connectivity index (χ3n) is 2.80. The number of carbonyl (C=O) groups is 1. The zero-order valence-corrected chi connectivity index (χ0v) is 11.1. The average molecular weight is 304 g/mol. The molecule has 0 fully saturated rings. The van der Waals surface area contributed by atoms with Crippen LogP contribution in [-0.2, 0) is 4.79 Å². The van der Waals surface area contributed by atoms with Gasteiger partial charge in [0.15, 0.2) is 6.61 Å². The Bertz CT molecular complexity index is 612. The molecule has 0 spiro atoms. The zero-order valence-electron chi connectivity index (χ0n) is 9.47. The van der Waals surface area contributed by atoms with E-state index in [9.17, 15) is 4.79 Å². The van der Waals surface area contributed by atoms with Crippen LogP contribution in [-0.4, -0.2) is 12.5 Å². The number of fused-ring (bicyclic) bond motifs is 1. The van der Waals surface area contributed by atoms with Crippen LogP contribution in [0.1, 0.15) is 0 Å². The van der Waals surface area contributed by atoms with Gasteiger partial charge in [0.2, 0.25) is 0 Å². The lowest BCUT2D eigenvalue weighted by molar-refractivity contribution is -0.120. The van der Waals surface area contributed by atoms with Crippen molar-refractivity contribution in [2.45, 2.75) is 0 Å². The van der Waals surface area contributed by atoms with Gasteiger partial charge in [0.1, 0.15) is 5.75 Å². The van der Waals surface area contributed by atoms with Gasteiger partial charge < -0.3 is 4.74 Å². The maximum absolute atomic E-state index is 12.1. The molecule has 0 bridgehead atoms. The van der Waals surface area contributed by atoms with Crippen molar-refractivity contribution >= 4 is 33.2 Å².